The maximum atomic E-state index is 12.4. The lowest BCUT2D eigenvalue weighted by Crippen LogP contribution is -2.58. The molecule has 1 aromatic heterocycles. The Morgan fingerprint density at radius 1 is 1.37 bits per heavy atom. The van der Waals surface area contributed by atoms with Gasteiger partial charge in [0.05, 0.1) is 17.4 Å². The van der Waals surface area contributed by atoms with E-state index in [1.165, 1.54) is 0 Å². The van der Waals surface area contributed by atoms with E-state index in [1.54, 1.807) is 6.20 Å². The van der Waals surface area contributed by atoms with Gasteiger partial charge in [-0.3, -0.25) is 14.7 Å². The van der Waals surface area contributed by atoms with Gasteiger partial charge >= 0.3 is 0 Å². The quantitative estimate of drug-likeness (QED) is 0.853. The average Bonchev–Trinajstić information content (AvgIpc) is 2.42. The van der Waals surface area contributed by atoms with Crippen molar-refractivity contribution >= 4 is 11.6 Å². The third kappa shape index (κ3) is 3.30. The Balaban J connectivity index is 2.03. The third-order valence-corrected chi connectivity index (χ3v) is 3.63. The number of piperazine rings is 1. The van der Waals surface area contributed by atoms with Crippen LogP contribution in [0.25, 0.3) is 0 Å². The molecule has 0 spiro atoms. The first-order valence-corrected chi connectivity index (χ1v) is 6.70. The van der Waals surface area contributed by atoms with Crippen molar-refractivity contribution in [1.82, 2.24) is 15.2 Å². The maximum absolute atomic E-state index is 12.4. The second-order valence-electron chi connectivity index (χ2n) is 5.44. The summed E-state index contributed by atoms with van der Waals surface area (Å²) in [5.41, 5.74) is 1.19. The molecule has 2 N–H and O–H groups in total. The van der Waals surface area contributed by atoms with Crippen LogP contribution in [0.2, 0.25) is 0 Å². The fraction of sp³-hybridized carbons (Fsp3) is 0.571. The molecule has 2 heterocycles. The molecule has 0 aliphatic carbocycles. The molecule has 0 radical (unpaired) electrons. The van der Waals surface area contributed by atoms with Crippen molar-refractivity contribution in [2.24, 2.45) is 0 Å². The van der Waals surface area contributed by atoms with Crippen LogP contribution < -0.4 is 10.6 Å². The highest BCUT2D eigenvalue weighted by molar-refractivity contribution is 5.97. The Labute approximate surface area is 114 Å². The highest BCUT2D eigenvalue weighted by atomic mass is 16.2. The molecule has 0 saturated carbocycles. The zero-order valence-corrected chi connectivity index (χ0v) is 11.9. The Hall–Kier alpha value is -1.46. The Morgan fingerprint density at radius 3 is 2.63 bits per heavy atom. The van der Waals surface area contributed by atoms with Gasteiger partial charge in [-0.05, 0) is 32.9 Å². The second-order valence-corrected chi connectivity index (χ2v) is 5.44. The van der Waals surface area contributed by atoms with Gasteiger partial charge in [0.2, 0.25) is 5.91 Å². The van der Waals surface area contributed by atoms with E-state index in [0.29, 0.717) is 0 Å². The lowest BCUT2D eigenvalue weighted by Gasteiger charge is -2.39. The number of carbonyl (C=O) groups is 1. The summed E-state index contributed by atoms with van der Waals surface area (Å²) in [6, 6.07) is 3.78. The zero-order valence-electron chi connectivity index (χ0n) is 11.9. The number of hydrogen-bond acceptors (Lipinski definition) is 4. The highest BCUT2D eigenvalue weighted by Gasteiger charge is 2.35. The number of amides is 1. The molecule has 5 heteroatoms. The van der Waals surface area contributed by atoms with Crippen LogP contribution in [0.1, 0.15) is 19.5 Å². The molecule has 5 nitrogen and oxygen atoms in total. The van der Waals surface area contributed by atoms with E-state index >= 15 is 0 Å². The van der Waals surface area contributed by atoms with Crippen LogP contribution in [0.15, 0.2) is 18.3 Å². The summed E-state index contributed by atoms with van der Waals surface area (Å²) in [4.78, 5) is 18.8. The minimum absolute atomic E-state index is 0.0139. The van der Waals surface area contributed by atoms with Crippen LogP contribution in [0.5, 0.6) is 0 Å². The minimum Gasteiger partial charge on any atom is -0.323 e. The summed E-state index contributed by atoms with van der Waals surface area (Å²) < 4.78 is 0. The molecule has 0 aromatic carbocycles. The lowest BCUT2D eigenvalue weighted by atomic mass is 10.0. The van der Waals surface area contributed by atoms with Crippen LogP contribution in [0, 0.1) is 6.92 Å². The second kappa shape index (κ2) is 5.67. The SMILES string of the molecule is Cc1ccc(NC(=O)C(C)(C)N2CCNCC2)cn1. The molecule has 19 heavy (non-hydrogen) atoms. The number of nitrogens with zero attached hydrogens (tertiary/aromatic N) is 2. The van der Waals surface area contributed by atoms with Gasteiger partial charge in [-0.2, -0.15) is 0 Å². The Kier molecular flexibility index (Phi) is 4.17. The first-order valence-electron chi connectivity index (χ1n) is 6.70. The number of hydrogen-bond donors (Lipinski definition) is 2. The monoisotopic (exact) mass is 262 g/mol. The van der Waals surface area contributed by atoms with E-state index in [9.17, 15) is 4.79 Å². The first-order chi connectivity index (χ1) is 9.00. The molecular weight excluding hydrogens is 240 g/mol. The van der Waals surface area contributed by atoms with E-state index in [-0.39, 0.29) is 5.91 Å². The average molecular weight is 262 g/mol. The predicted octanol–water partition coefficient (Wildman–Crippen LogP) is 1.01. The summed E-state index contributed by atoms with van der Waals surface area (Å²) >= 11 is 0. The van der Waals surface area contributed by atoms with Crippen molar-refractivity contribution in [3.8, 4) is 0 Å². The van der Waals surface area contributed by atoms with Crippen LogP contribution in [0.3, 0.4) is 0 Å². The number of pyridine rings is 1. The number of aryl methyl sites for hydroxylation is 1. The molecule has 104 valence electrons. The van der Waals surface area contributed by atoms with Crippen molar-refractivity contribution in [1.29, 1.82) is 0 Å². The summed E-state index contributed by atoms with van der Waals surface area (Å²) in [6.45, 7) is 9.52. The largest absolute Gasteiger partial charge is 0.323 e. The van der Waals surface area contributed by atoms with Gasteiger partial charge in [0.15, 0.2) is 0 Å². The van der Waals surface area contributed by atoms with Crippen molar-refractivity contribution in [3.63, 3.8) is 0 Å². The molecule has 1 fully saturated rings. The summed E-state index contributed by atoms with van der Waals surface area (Å²) in [5.74, 6) is 0.0139. The normalized spacial score (nSPS) is 17.2. The molecule has 0 unspecified atom stereocenters. The molecule has 1 amide bonds. The van der Waals surface area contributed by atoms with Crippen LogP contribution >= 0.6 is 0 Å². The van der Waals surface area contributed by atoms with Gasteiger partial charge in [0.25, 0.3) is 0 Å². The van der Waals surface area contributed by atoms with Crippen molar-refractivity contribution in [2.45, 2.75) is 26.3 Å². The van der Waals surface area contributed by atoms with Crippen LogP contribution in [-0.2, 0) is 4.79 Å². The molecule has 0 bridgehead atoms. The van der Waals surface area contributed by atoms with Crippen LogP contribution in [-0.4, -0.2) is 47.5 Å². The Bertz CT molecular complexity index is 435. The Morgan fingerprint density at radius 2 is 2.05 bits per heavy atom. The van der Waals surface area contributed by atoms with E-state index in [2.05, 4.69) is 20.5 Å². The number of anilines is 1. The van der Waals surface area contributed by atoms with Gasteiger partial charge < -0.3 is 10.6 Å². The van der Waals surface area contributed by atoms with E-state index in [4.69, 9.17) is 0 Å². The first kappa shape index (κ1) is 14.0. The van der Waals surface area contributed by atoms with Gasteiger partial charge in [-0.1, -0.05) is 0 Å². The molecule has 0 atom stereocenters. The van der Waals surface area contributed by atoms with Gasteiger partial charge in [-0.15, -0.1) is 0 Å². The number of rotatable bonds is 3. The fourth-order valence-electron chi connectivity index (χ4n) is 2.19. The summed E-state index contributed by atoms with van der Waals surface area (Å²) in [6.07, 6.45) is 1.70. The van der Waals surface area contributed by atoms with E-state index in [0.717, 1.165) is 37.6 Å². The molecule has 2 rings (SSSR count). The van der Waals surface area contributed by atoms with Crippen molar-refractivity contribution in [2.75, 3.05) is 31.5 Å². The highest BCUT2D eigenvalue weighted by Crippen LogP contribution is 2.18. The standard InChI is InChI=1S/C14H22N4O/c1-11-4-5-12(10-16-11)17-13(19)14(2,3)18-8-6-15-7-9-18/h4-5,10,15H,6-9H2,1-3H3,(H,17,19). The number of nitrogens with one attached hydrogen (secondary N) is 2. The molecular formula is C14H22N4O. The van der Waals surface area contributed by atoms with Crippen LogP contribution in [0.4, 0.5) is 5.69 Å². The zero-order chi connectivity index (χ0) is 13.9. The van der Waals surface area contributed by atoms with Gasteiger partial charge in [-0.25, -0.2) is 0 Å². The fourth-order valence-corrected chi connectivity index (χ4v) is 2.19. The van der Waals surface area contributed by atoms with Gasteiger partial charge in [0.1, 0.15) is 0 Å². The number of aromatic nitrogens is 1. The minimum atomic E-state index is -0.507. The molecule has 1 aliphatic heterocycles. The topological polar surface area (TPSA) is 57.3 Å². The van der Waals surface area contributed by atoms with Crippen molar-refractivity contribution < 1.29 is 4.79 Å². The van der Waals surface area contributed by atoms with E-state index < -0.39 is 5.54 Å². The van der Waals surface area contributed by atoms with E-state index in [1.807, 2.05) is 32.9 Å². The maximum Gasteiger partial charge on any atom is 0.244 e. The number of carbonyl (C=O) groups excluding carboxylic acids is 1. The van der Waals surface area contributed by atoms with Crippen molar-refractivity contribution in [3.05, 3.63) is 24.0 Å². The third-order valence-electron chi connectivity index (χ3n) is 3.63. The summed E-state index contributed by atoms with van der Waals surface area (Å²) in [7, 11) is 0. The van der Waals surface area contributed by atoms with Gasteiger partial charge in [0, 0.05) is 31.9 Å². The lowest BCUT2D eigenvalue weighted by molar-refractivity contribution is -0.126. The molecule has 1 aliphatic rings. The molecule has 1 saturated heterocycles. The predicted molar refractivity (Wildman–Crippen MR) is 76.1 cm³/mol. The molecule has 1 aromatic rings. The summed E-state index contributed by atoms with van der Waals surface area (Å²) in [5, 5.41) is 6.24. The smallest absolute Gasteiger partial charge is 0.244 e.